The Morgan fingerprint density at radius 1 is 1.30 bits per heavy atom. The monoisotopic (exact) mass is 350 g/mol. The number of primary amides is 1. The standard InChI is InChI=1S/C15H18N4O2S2/c1-9-14(22-8-12(16)20)23-15(17-9)18-13(21)10-4-6-11(7-5-10)19(2)3/h4-7H,8H2,1-3H3,(H2,16,20)(H,17,18,21). The summed E-state index contributed by atoms with van der Waals surface area (Å²) in [6.07, 6.45) is 0. The lowest BCUT2D eigenvalue weighted by molar-refractivity contribution is -0.115. The molecule has 0 saturated carbocycles. The Morgan fingerprint density at radius 3 is 2.52 bits per heavy atom. The van der Waals surface area contributed by atoms with Crippen LogP contribution in [0.2, 0.25) is 0 Å². The molecule has 1 aromatic carbocycles. The second-order valence-corrected chi connectivity index (χ2v) is 7.29. The third-order valence-corrected chi connectivity index (χ3v) is 5.42. The van der Waals surface area contributed by atoms with E-state index in [0.717, 1.165) is 15.6 Å². The molecule has 0 bridgehead atoms. The molecule has 0 saturated heterocycles. The van der Waals surface area contributed by atoms with Crippen molar-refractivity contribution in [3.63, 3.8) is 0 Å². The molecular formula is C15H18N4O2S2. The van der Waals surface area contributed by atoms with Gasteiger partial charge in [0.1, 0.15) is 0 Å². The van der Waals surface area contributed by atoms with E-state index in [4.69, 9.17) is 5.73 Å². The number of rotatable bonds is 6. The summed E-state index contributed by atoms with van der Waals surface area (Å²) in [5.74, 6) is -0.396. The Bertz CT molecular complexity index is 711. The van der Waals surface area contributed by atoms with Gasteiger partial charge in [-0.1, -0.05) is 11.3 Å². The first kappa shape index (κ1) is 17.3. The molecule has 8 heteroatoms. The van der Waals surface area contributed by atoms with Crippen LogP contribution in [0.3, 0.4) is 0 Å². The minimum atomic E-state index is -0.380. The van der Waals surface area contributed by atoms with Crippen molar-refractivity contribution in [2.75, 3.05) is 30.1 Å². The molecule has 23 heavy (non-hydrogen) atoms. The molecule has 0 radical (unpaired) electrons. The van der Waals surface area contributed by atoms with Gasteiger partial charge in [0.2, 0.25) is 5.91 Å². The van der Waals surface area contributed by atoms with E-state index in [1.807, 2.05) is 38.1 Å². The van der Waals surface area contributed by atoms with Crippen LogP contribution in [-0.2, 0) is 4.79 Å². The number of carbonyl (C=O) groups is 2. The second kappa shape index (κ2) is 7.47. The van der Waals surface area contributed by atoms with Crippen LogP contribution in [0.15, 0.2) is 28.5 Å². The van der Waals surface area contributed by atoms with Gasteiger partial charge >= 0.3 is 0 Å². The molecule has 2 amide bonds. The van der Waals surface area contributed by atoms with E-state index in [2.05, 4.69) is 10.3 Å². The first-order valence-electron chi connectivity index (χ1n) is 6.84. The molecule has 0 aliphatic heterocycles. The highest BCUT2D eigenvalue weighted by atomic mass is 32.2. The normalized spacial score (nSPS) is 10.4. The van der Waals surface area contributed by atoms with E-state index in [1.165, 1.54) is 23.1 Å². The Kier molecular flexibility index (Phi) is 5.62. The molecule has 6 nitrogen and oxygen atoms in total. The summed E-state index contributed by atoms with van der Waals surface area (Å²) in [6, 6.07) is 7.31. The number of hydrogen-bond acceptors (Lipinski definition) is 6. The van der Waals surface area contributed by atoms with Gasteiger partial charge in [0.05, 0.1) is 15.7 Å². The van der Waals surface area contributed by atoms with Crippen molar-refractivity contribution in [2.45, 2.75) is 11.1 Å². The third-order valence-electron chi connectivity index (χ3n) is 2.97. The van der Waals surface area contributed by atoms with Crippen LogP contribution < -0.4 is 16.0 Å². The van der Waals surface area contributed by atoms with E-state index < -0.39 is 0 Å². The Morgan fingerprint density at radius 2 is 1.96 bits per heavy atom. The smallest absolute Gasteiger partial charge is 0.257 e. The summed E-state index contributed by atoms with van der Waals surface area (Å²) in [5.41, 5.74) is 7.51. The van der Waals surface area contributed by atoms with Gasteiger partial charge in [-0.3, -0.25) is 14.9 Å². The largest absolute Gasteiger partial charge is 0.378 e. The fraction of sp³-hybridized carbons (Fsp3) is 0.267. The molecule has 0 aliphatic carbocycles. The molecule has 0 atom stereocenters. The molecule has 0 spiro atoms. The number of hydrogen-bond donors (Lipinski definition) is 2. The average Bonchev–Trinajstić information content (AvgIpc) is 2.84. The van der Waals surface area contributed by atoms with Crippen LogP contribution in [0.4, 0.5) is 10.8 Å². The lowest BCUT2D eigenvalue weighted by Gasteiger charge is -2.12. The van der Waals surface area contributed by atoms with E-state index in [0.29, 0.717) is 10.7 Å². The first-order valence-corrected chi connectivity index (χ1v) is 8.64. The van der Waals surface area contributed by atoms with Crippen LogP contribution in [0.25, 0.3) is 0 Å². The van der Waals surface area contributed by atoms with Gasteiger partial charge in [-0.25, -0.2) is 4.98 Å². The maximum Gasteiger partial charge on any atom is 0.257 e. The number of nitrogens with zero attached hydrogens (tertiary/aromatic N) is 2. The number of anilines is 2. The molecule has 1 aromatic heterocycles. The molecule has 2 rings (SSSR count). The zero-order valence-electron chi connectivity index (χ0n) is 13.1. The maximum absolute atomic E-state index is 12.2. The second-order valence-electron chi connectivity index (χ2n) is 5.04. The van der Waals surface area contributed by atoms with E-state index >= 15 is 0 Å². The third kappa shape index (κ3) is 4.70. The molecular weight excluding hydrogens is 332 g/mol. The van der Waals surface area contributed by atoms with Gasteiger partial charge in [-0.05, 0) is 31.2 Å². The zero-order chi connectivity index (χ0) is 17.0. The van der Waals surface area contributed by atoms with Crippen molar-refractivity contribution in [3.05, 3.63) is 35.5 Å². The highest BCUT2D eigenvalue weighted by Gasteiger charge is 2.13. The molecule has 3 N–H and O–H groups in total. The topological polar surface area (TPSA) is 88.3 Å². The summed E-state index contributed by atoms with van der Waals surface area (Å²) in [6.45, 7) is 1.83. The number of nitrogens with one attached hydrogen (secondary N) is 1. The quantitative estimate of drug-likeness (QED) is 0.781. The minimum Gasteiger partial charge on any atom is -0.378 e. The van der Waals surface area contributed by atoms with Crippen LogP contribution in [0.5, 0.6) is 0 Å². The van der Waals surface area contributed by atoms with Crippen LogP contribution >= 0.6 is 23.1 Å². The van der Waals surface area contributed by atoms with Gasteiger partial charge in [-0.15, -0.1) is 11.8 Å². The average molecular weight is 350 g/mol. The molecule has 1 heterocycles. The van der Waals surface area contributed by atoms with Crippen molar-refractivity contribution in [2.24, 2.45) is 5.73 Å². The van der Waals surface area contributed by atoms with E-state index in [-0.39, 0.29) is 17.6 Å². The Balaban J connectivity index is 2.05. The highest BCUT2D eigenvalue weighted by Crippen LogP contribution is 2.32. The van der Waals surface area contributed by atoms with Gasteiger partial charge in [-0.2, -0.15) is 0 Å². The summed E-state index contributed by atoms with van der Waals surface area (Å²) in [4.78, 5) is 29.4. The number of aryl methyl sites for hydroxylation is 1. The predicted molar refractivity (Wildman–Crippen MR) is 95.5 cm³/mol. The summed E-state index contributed by atoms with van der Waals surface area (Å²) in [5, 5.41) is 3.29. The number of thiazole rings is 1. The summed E-state index contributed by atoms with van der Waals surface area (Å²) in [7, 11) is 3.89. The SMILES string of the molecule is Cc1nc(NC(=O)c2ccc(N(C)C)cc2)sc1SCC(N)=O. The zero-order valence-corrected chi connectivity index (χ0v) is 14.8. The lowest BCUT2D eigenvalue weighted by atomic mass is 10.2. The summed E-state index contributed by atoms with van der Waals surface area (Å²) >= 11 is 2.67. The van der Waals surface area contributed by atoms with Crippen molar-refractivity contribution >= 4 is 45.7 Å². The van der Waals surface area contributed by atoms with Crippen LogP contribution in [0.1, 0.15) is 16.1 Å². The fourth-order valence-corrected chi connectivity index (χ4v) is 3.66. The number of benzene rings is 1. The van der Waals surface area contributed by atoms with Crippen molar-refractivity contribution < 1.29 is 9.59 Å². The van der Waals surface area contributed by atoms with Crippen molar-refractivity contribution in [3.8, 4) is 0 Å². The van der Waals surface area contributed by atoms with Gasteiger partial charge < -0.3 is 10.6 Å². The number of thioether (sulfide) groups is 1. The Labute approximate surface area is 143 Å². The minimum absolute atomic E-state index is 0.197. The van der Waals surface area contributed by atoms with Gasteiger partial charge in [0.25, 0.3) is 5.91 Å². The molecule has 0 aliphatic rings. The maximum atomic E-state index is 12.2. The molecule has 122 valence electrons. The molecule has 2 aromatic rings. The van der Waals surface area contributed by atoms with Gasteiger partial charge in [0.15, 0.2) is 5.13 Å². The number of amides is 2. The number of aromatic nitrogens is 1. The number of nitrogens with two attached hydrogens (primary N) is 1. The lowest BCUT2D eigenvalue weighted by Crippen LogP contribution is -2.13. The fourth-order valence-electron chi connectivity index (χ4n) is 1.79. The van der Waals surface area contributed by atoms with E-state index in [9.17, 15) is 9.59 Å². The highest BCUT2D eigenvalue weighted by molar-refractivity contribution is 8.01. The Hall–Kier alpha value is -2.06. The van der Waals surface area contributed by atoms with Crippen molar-refractivity contribution in [1.82, 2.24) is 4.98 Å². The van der Waals surface area contributed by atoms with E-state index in [1.54, 1.807) is 12.1 Å². The van der Waals surface area contributed by atoms with Crippen LogP contribution in [0, 0.1) is 6.92 Å². The molecule has 0 unspecified atom stereocenters. The first-order chi connectivity index (χ1) is 10.9. The predicted octanol–water partition coefficient (Wildman–Crippen LogP) is 2.35. The summed E-state index contributed by atoms with van der Waals surface area (Å²) < 4.78 is 0.877. The van der Waals surface area contributed by atoms with Crippen LogP contribution in [-0.4, -0.2) is 36.6 Å². The molecule has 0 fully saturated rings. The van der Waals surface area contributed by atoms with Crippen molar-refractivity contribution in [1.29, 1.82) is 0 Å². The number of carbonyl (C=O) groups excluding carboxylic acids is 2. The van der Waals surface area contributed by atoms with Gasteiger partial charge in [0, 0.05) is 25.3 Å².